The molecule has 0 aliphatic heterocycles. The van der Waals surface area contributed by atoms with E-state index in [1.54, 1.807) is 6.92 Å². The molecule has 0 fully saturated rings. The number of hydrogen-bond acceptors (Lipinski definition) is 1. The zero-order valence-electron chi connectivity index (χ0n) is 11.6. The van der Waals surface area contributed by atoms with Crippen LogP contribution in [0.1, 0.15) is 32.8 Å². The Kier molecular flexibility index (Phi) is 6.09. The number of rotatable bonds is 6. The van der Waals surface area contributed by atoms with E-state index >= 15 is 0 Å². The van der Waals surface area contributed by atoms with Crippen molar-refractivity contribution in [3.63, 3.8) is 0 Å². The number of nitrogens with one attached hydrogen (secondary N) is 1. The fraction of sp³-hybridized carbons (Fsp3) is 0.467. The van der Waals surface area contributed by atoms with Gasteiger partial charge in [0.25, 0.3) is 0 Å². The van der Waals surface area contributed by atoms with Gasteiger partial charge in [0.15, 0.2) is 17.5 Å². The van der Waals surface area contributed by atoms with E-state index in [1.807, 2.05) is 6.08 Å². The summed E-state index contributed by atoms with van der Waals surface area (Å²) in [4.78, 5) is 0. The smallest absolute Gasteiger partial charge is 0.195 e. The first-order chi connectivity index (χ1) is 8.93. The average Bonchev–Trinajstić information content (AvgIpc) is 2.35. The van der Waals surface area contributed by atoms with Crippen LogP contribution in [0.25, 0.3) is 5.57 Å². The summed E-state index contributed by atoms with van der Waals surface area (Å²) in [7, 11) is 0. The van der Waals surface area contributed by atoms with Gasteiger partial charge in [0.05, 0.1) is 0 Å². The van der Waals surface area contributed by atoms with Gasteiger partial charge in [-0.15, -0.1) is 0 Å². The van der Waals surface area contributed by atoms with Crippen molar-refractivity contribution >= 4 is 5.57 Å². The second-order valence-electron chi connectivity index (χ2n) is 5.00. The Morgan fingerprint density at radius 3 is 2.53 bits per heavy atom. The molecule has 4 heteroatoms. The predicted molar refractivity (Wildman–Crippen MR) is 72.3 cm³/mol. The maximum absolute atomic E-state index is 13.5. The second-order valence-corrected chi connectivity index (χ2v) is 5.00. The molecule has 1 N–H and O–H groups in total. The van der Waals surface area contributed by atoms with Gasteiger partial charge in [-0.3, -0.25) is 0 Å². The van der Waals surface area contributed by atoms with Crippen molar-refractivity contribution in [2.75, 3.05) is 13.1 Å². The van der Waals surface area contributed by atoms with Crippen LogP contribution in [-0.2, 0) is 0 Å². The molecule has 0 spiro atoms. The van der Waals surface area contributed by atoms with Gasteiger partial charge in [-0.05, 0) is 50.1 Å². The molecule has 0 aromatic heterocycles. The molecule has 0 aliphatic rings. The molecule has 106 valence electrons. The van der Waals surface area contributed by atoms with Crippen LogP contribution in [0, 0.1) is 23.4 Å². The zero-order valence-corrected chi connectivity index (χ0v) is 11.6. The van der Waals surface area contributed by atoms with Gasteiger partial charge in [-0.1, -0.05) is 19.9 Å². The van der Waals surface area contributed by atoms with Crippen LogP contribution in [0.2, 0.25) is 0 Å². The van der Waals surface area contributed by atoms with Gasteiger partial charge >= 0.3 is 0 Å². The molecule has 0 saturated heterocycles. The lowest BCUT2D eigenvalue weighted by Crippen LogP contribution is -2.20. The predicted octanol–water partition coefficient (Wildman–Crippen LogP) is 4.14. The average molecular weight is 271 g/mol. The SMILES string of the molecule is CC(=CCCNCC(C)C)c1ccc(F)c(F)c1F. The van der Waals surface area contributed by atoms with Crippen LogP contribution in [0.15, 0.2) is 18.2 Å². The standard InChI is InChI=1S/C15H20F3N/c1-10(2)9-19-8-4-5-11(3)12-6-7-13(16)15(18)14(12)17/h5-7,10,19H,4,8-9H2,1-3H3. The van der Waals surface area contributed by atoms with E-state index in [2.05, 4.69) is 19.2 Å². The molecule has 1 aromatic rings. The number of allylic oxidation sites excluding steroid dienone is 1. The van der Waals surface area contributed by atoms with Crippen molar-refractivity contribution in [1.29, 1.82) is 0 Å². The zero-order chi connectivity index (χ0) is 14.4. The highest BCUT2D eigenvalue weighted by Crippen LogP contribution is 2.22. The van der Waals surface area contributed by atoms with Gasteiger partial charge < -0.3 is 5.32 Å². The summed E-state index contributed by atoms with van der Waals surface area (Å²) in [5.74, 6) is -3.12. The molecule has 0 aliphatic carbocycles. The largest absolute Gasteiger partial charge is 0.316 e. The Balaban J connectivity index is 2.62. The molecule has 1 rings (SSSR count). The summed E-state index contributed by atoms with van der Waals surface area (Å²) in [6, 6.07) is 2.21. The summed E-state index contributed by atoms with van der Waals surface area (Å²) < 4.78 is 39.4. The van der Waals surface area contributed by atoms with Crippen molar-refractivity contribution in [3.8, 4) is 0 Å². The van der Waals surface area contributed by atoms with E-state index in [0.29, 0.717) is 11.5 Å². The molecule has 19 heavy (non-hydrogen) atoms. The molecule has 0 saturated carbocycles. The van der Waals surface area contributed by atoms with Gasteiger partial charge in [0, 0.05) is 5.56 Å². The van der Waals surface area contributed by atoms with E-state index in [1.165, 1.54) is 6.07 Å². The molecule has 0 amide bonds. The van der Waals surface area contributed by atoms with Gasteiger partial charge in [0.1, 0.15) is 0 Å². The minimum atomic E-state index is -1.41. The third kappa shape index (κ3) is 4.71. The second kappa shape index (κ2) is 7.34. The Morgan fingerprint density at radius 1 is 1.21 bits per heavy atom. The van der Waals surface area contributed by atoms with E-state index in [4.69, 9.17) is 0 Å². The topological polar surface area (TPSA) is 12.0 Å². The summed E-state index contributed by atoms with van der Waals surface area (Å²) in [6.07, 6.45) is 2.54. The van der Waals surface area contributed by atoms with E-state index < -0.39 is 17.5 Å². The maximum Gasteiger partial charge on any atom is 0.195 e. The molecular formula is C15H20F3N. The minimum absolute atomic E-state index is 0.114. The summed E-state index contributed by atoms with van der Waals surface area (Å²) >= 11 is 0. The molecule has 1 nitrogen and oxygen atoms in total. The lowest BCUT2D eigenvalue weighted by atomic mass is 10.1. The van der Waals surface area contributed by atoms with Crippen LogP contribution >= 0.6 is 0 Å². The molecule has 1 aromatic carbocycles. The van der Waals surface area contributed by atoms with Crippen LogP contribution < -0.4 is 5.32 Å². The molecule has 0 atom stereocenters. The van der Waals surface area contributed by atoms with Crippen molar-refractivity contribution in [3.05, 3.63) is 41.2 Å². The fourth-order valence-electron chi connectivity index (χ4n) is 1.72. The molecular weight excluding hydrogens is 251 g/mol. The first-order valence-corrected chi connectivity index (χ1v) is 6.44. The Bertz CT molecular complexity index is 453. The van der Waals surface area contributed by atoms with E-state index in [9.17, 15) is 13.2 Å². The van der Waals surface area contributed by atoms with E-state index in [0.717, 1.165) is 25.6 Å². The van der Waals surface area contributed by atoms with Crippen molar-refractivity contribution in [1.82, 2.24) is 5.32 Å². The van der Waals surface area contributed by atoms with Crippen molar-refractivity contribution in [2.45, 2.75) is 27.2 Å². The molecule has 0 bridgehead atoms. The number of benzene rings is 1. The highest BCUT2D eigenvalue weighted by atomic mass is 19.2. The first kappa shape index (κ1) is 15.8. The lowest BCUT2D eigenvalue weighted by Gasteiger charge is -2.07. The van der Waals surface area contributed by atoms with Crippen LogP contribution in [0.4, 0.5) is 13.2 Å². The summed E-state index contributed by atoms with van der Waals surface area (Å²) in [6.45, 7) is 7.63. The highest BCUT2D eigenvalue weighted by Gasteiger charge is 2.13. The quantitative estimate of drug-likeness (QED) is 0.605. The van der Waals surface area contributed by atoms with Crippen LogP contribution in [0.5, 0.6) is 0 Å². The van der Waals surface area contributed by atoms with Crippen LogP contribution in [-0.4, -0.2) is 13.1 Å². The third-order valence-electron chi connectivity index (χ3n) is 2.78. The fourth-order valence-corrected chi connectivity index (χ4v) is 1.72. The molecule has 0 unspecified atom stereocenters. The van der Waals surface area contributed by atoms with Gasteiger partial charge in [-0.2, -0.15) is 0 Å². The minimum Gasteiger partial charge on any atom is -0.316 e. The Morgan fingerprint density at radius 2 is 1.89 bits per heavy atom. The number of halogens is 3. The number of hydrogen-bond donors (Lipinski definition) is 1. The Labute approximate surface area is 112 Å². The molecule has 0 radical (unpaired) electrons. The van der Waals surface area contributed by atoms with E-state index in [-0.39, 0.29) is 5.56 Å². The highest BCUT2D eigenvalue weighted by molar-refractivity contribution is 5.64. The normalized spacial score (nSPS) is 12.3. The van der Waals surface area contributed by atoms with Crippen LogP contribution in [0.3, 0.4) is 0 Å². The van der Waals surface area contributed by atoms with Gasteiger partial charge in [-0.25, -0.2) is 13.2 Å². The van der Waals surface area contributed by atoms with Gasteiger partial charge in [0.2, 0.25) is 0 Å². The first-order valence-electron chi connectivity index (χ1n) is 6.44. The molecule has 0 heterocycles. The van der Waals surface area contributed by atoms with Crippen molar-refractivity contribution in [2.24, 2.45) is 5.92 Å². The maximum atomic E-state index is 13.5. The summed E-state index contributed by atoms with van der Waals surface area (Å²) in [5, 5.41) is 3.25. The Hall–Kier alpha value is -1.29. The summed E-state index contributed by atoms with van der Waals surface area (Å²) in [5.41, 5.74) is 0.727. The lowest BCUT2D eigenvalue weighted by molar-refractivity contribution is 0.445. The third-order valence-corrected chi connectivity index (χ3v) is 2.78. The van der Waals surface area contributed by atoms with Crippen molar-refractivity contribution < 1.29 is 13.2 Å². The monoisotopic (exact) mass is 271 g/mol.